The summed E-state index contributed by atoms with van der Waals surface area (Å²) in [5.74, 6) is -1.30. The van der Waals surface area contributed by atoms with Crippen LogP contribution in [0.3, 0.4) is 0 Å². The number of benzene rings is 1. The van der Waals surface area contributed by atoms with Crippen LogP contribution < -0.4 is 10.2 Å². The topological polar surface area (TPSA) is 86.7 Å². The van der Waals surface area contributed by atoms with E-state index in [1.54, 1.807) is 24.3 Å². The van der Waals surface area contributed by atoms with Crippen LogP contribution in [0.5, 0.6) is 0 Å². The molecule has 0 aliphatic heterocycles. The zero-order valence-electron chi connectivity index (χ0n) is 12.7. The van der Waals surface area contributed by atoms with Crippen molar-refractivity contribution in [1.82, 2.24) is 5.32 Å². The molecule has 0 saturated heterocycles. The Morgan fingerprint density at radius 3 is 2.36 bits per heavy atom. The predicted molar refractivity (Wildman–Crippen MR) is 83.6 cm³/mol. The van der Waals surface area contributed by atoms with Gasteiger partial charge in [0.05, 0.1) is 0 Å². The Labute approximate surface area is 130 Å². The maximum atomic E-state index is 12.2. The SMILES string of the molecule is CC(=O)NCCCCCC(=O)N(CC(=O)O)c1ccccc1. The summed E-state index contributed by atoms with van der Waals surface area (Å²) in [5, 5.41) is 11.6. The van der Waals surface area contributed by atoms with E-state index in [1.165, 1.54) is 11.8 Å². The highest BCUT2D eigenvalue weighted by Gasteiger charge is 2.17. The summed E-state index contributed by atoms with van der Waals surface area (Å²) in [6.07, 6.45) is 2.57. The van der Waals surface area contributed by atoms with E-state index >= 15 is 0 Å². The number of carboxylic acid groups (broad SMARTS) is 1. The van der Waals surface area contributed by atoms with Crippen LogP contribution in [0.2, 0.25) is 0 Å². The molecule has 0 aromatic heterocycles. The first kappa shape index (κ1) is 17.7. The van der Waals surface area contributed by atoms with Gasteiger partial charge in [-0.3, -0.25) is 14.4 Å². The first-order chi connectivity index (χ1) is 10.5. The Hall–Kier alpha value is -2.37. The van der Waals surface area contributed by atoms with Crippen LogP contribution in [-0.2, 0) is 14.4 Å². The average Bonchev–Trinajstić information content (AvgIpc) is 2.48. The van der Waals surface area contributed by atoms with Crippen molar-refractivity contribution in [1.29, 1.82) is 0 Å². The number of hydrogen-bond donors (Lipinski definition) is 2. The Morgan fingerprint density at radius 2 is 1.77 bits per heavy atom. The number of para-hydroxylation sites is 1. The minimum atomic E-state index is -1.04. The first-order valence-corrected chi connectivity index (χ1v) is 7.32. The zero-order valence-corrected chi connectivity index (χ0v) is 12.7. The molecule has 1 aromatic rings. The Kier molecular flexibility index (Phi) is 7.67. The number of amides is 2. The van der Waals surface area contributed by atoms with Crippen molar-refractivity contribution in [2.24, 2.45) is 0 Å². The first-order valence-electron chi connectivity index (χ1n) is 7.32. The lowest BCUT2D eigenvalue weighted by Crippen LogP contribution is -2.35. The summed E-state index contributed by atoms with van der Waals surface area (Å²) >= 11 is 0. The van der Waals surface area contributed by atoms with Crippen LogP contribution in [0.4, 0.5) is 5.69 Å². The molecular formula is C16H22N2O4. The van der Waals surface area contributed by atoms with Crippen LogP contribution >= 0.6 is 0 Å². The summed E-state index contributed by atoms with van der Waals surface area (Å²) in [4.78, 5) is 35.1. The number of carboxylic acids is 1. The van der Waals surface area contributed by atoms with Crippen LogP contribution in [0.15, 0.2) is 30.3 Å². The number of aliphatic carboxylic acids is 1. The van der Waals surface area contributed by atoms with Gasteiger partial charge in [-0.25, -0.2) is 0 Å². The zero-order chi connectivity index (χ0) is 16.4. The summed E-state index contributed by atoms with van der Waals surface area (Å²) in [6.45, 7) is 1.73. The molecule has 120 valence electrons. The Morgan fingerprint density at radius 1 is 1.09 bits per heavy atom. The third kappa shape index (κ3) is 6.88. The number of nitrogens with zero attached hydrogens (tertiary/aromatic N) is 1. The van der Waals surface area contributed by atoms with Gasteiger partial charge in [0.2, 0.25) is 11.8 Å². The number of carbonyl (C=O) groups excluding carboxylic acids is 2. The molecule has 6 heteroatoms. The summed E-state index contributed by atoms with van der Waals surface area (Å²) in [5.41, 5.74) is 0.591. The van der Waals surface area contributed by atoms with Crippen LogP contribution in [0.1, 0.15) is 32.6 Å². The van der Waals surface area contributed by atoms with Gasteiger partial charge in [0.1, 0.15) is 6.54 Å². The fourth-order valence-corrected chi connectivity index (χ4v) is 2.04. The lowest BCUT2D eigenvalue weighted by Gasteiger charge is -2.20. The molecule has 0 aliphatic carbocycles. The van der Waals surface area contributed by atoms with Crippen LogP contribution in [-0.4, -0.2) is 36.0 Å². The van der Waals surface area contributed by atoms with Crippen molar-refractivity contribution in [2.75, 3.05) is 18.0 Å². The predicted octanol–water partition coefficient (Wildman–Crippen LogP) is 1.80. The molecule has 2 N–H and O–H groups in total. The normalized spacial score (nSPS) is 10.0. The van der Waals surface area contributed by atoms with Crippen molar-refractivity contribution in [3.8, 4) is 0 Å². The molecule has 0 bridgehead atoms. The lowest BCUT2D eigenvalue weighted by molar-refractivity contribution is -0.136. The van der Waals surface area contributed by atoms with E-state index in [9.17, 15) is 14.4 Å². The van der Waals surface area contributed by atoms with Gasteiger partial charge in [0.15, 0.2) is 0 Å². The fourth-order valence-electron chi connectivity index (χ4n) is 2.04. The molecule has 0 spiro atoms. The van der Waals surface area contributed by atoms with Crippen molar-refractivity contribution in [3.05, 3.63) is 30.3 Å². The highest BCUT2D eigenvalue weighted by molar-refractivity contribution is 5.97. The molecule has 0 atom stereocenters. The van der Waals surface area contributed by atoms with E-state index in [2.05, 4.69) is 5.32 Å². The largest absolute Gasteiger partial charge is 0.480 e. The maximum Gasteiger partial charge on any atom is 0.323 e. The Balaban J connectivity index is 2.44. The quantitative estimate of drug-likeness (QED) is 0.681. The van der Waals surface area contributed by atoms with E-state index in [1.807, 2.05) is 6.07 Å². The number of nitrogens with one attached hydrogen (secondary N) is 1. The highest BCUT2D eigenvalue weighted by Crippen LogP contribution is 2.15. The van der Waals surface area contributed by atoms with Crippen LogP contribution in [0, 0.1) is 0 Å². The number of anilines is 1. The van der Waals surface area contributed by atoms with E-state index < -0.39 is 5.97 Å². The molecule has 0 saturated carbocycles. The third-order valence-electron chi connectivity index (χ3n) is 3.10. The fraction of sp³-hybridized carbons (Fsp3) is 0.438. The molecular weight excluding hydrogens is 284 g/mol. The van der Waals surface area contributed by atoms with Gasteiger partial charge in [-0.15, -0.1) is 0 Å². The molecule has 22 heavy (non-hydrogen) atoms. The summed E-state index contributed by atoms with van der Waals surface area (Å²) < 4.78 is 0. The molecule has 1 rings (SSSR count). The molecule has 0 fully saturated rings. The molecule has 0 heterocycles. The van der Waals surface area contributed by atoms with Gasteiger partial charge in [-0.05, 0) is 25.0 Å². The number of hydrogen-bond acceptors (Lipinski definition) is 3. The summed E-state index contributed by atoms with van der Waals surface area (Å²) in [7, 11) is 0. The summed E-state index contributed by atoms with van der Waals surface area (Å²) in [6, 6.07) is 8.79. The number of unbranched alkanes of at least 4 members (excludes halogenated alkanes) is 2. The van der Waals surface area contributed by atoms with Gasteiger partial charge in [0.25, 0.3) is 0 Å². The van der Waals surface area contributed by atoms with Gasteiger partial charge in [-0.1, -0.05) is 24.6 Å². The molecule has 0 radical (unpaired) electrons. The molecule has 1 aromatic carbocycles. The van der Waals surface area contributed by atoms with E-state index in [0.717, 1.165) is 12.8 Å². The van der Waals surface area contributed by atoms with Crippen molar-refractivity contribution in [3.63, 3.8) is 0 Å². The number of rotatable bonds is 9. The van der Waals surface area contributed by atoms with E-state index in [4.69, 9.17) is 5.11 Å². The minimum absolute atomic E-state index is 0.0622. The van der Waals surface area contributed by atoms with E-state index in [-0.39, 0.29) is 18.4 Å². The second-order valence-corrected chi connectivity index (χ2v) is 5.00. The smallest absolute Gasteiger partial charge is 0.323 e. The molecule has 6 nitrogen and oxygen atoms in total. The van der Waals surface area contributed by atoms with Gasteiger partial charge < -0.3 is 15.3 Å². The molecule has 0 aliphatic rings. The van der Waals surface area contributed by atoms with Crippen molar-refractivity contribution < 1.29 is 19.5 Å². The standard InChI is InChI=1S/C16H22N2O4/c1-13(19)17-11-7-3-6-10-15(20)18(12-16(21)22)14-8-4-2-5-9-14/h2,4-5,8-9H,3,6-7,10-12H2,1H3,(H,17,19)(H,21,22). The second kappa shape index (κ2) is 9.55. The van der Waals surface area contributed by atoms with Gasteiger partial charge >= 0.3 is 5.97 Å². The highest BCUT2D eigenvalue weighted by atomic mass is 16.4. The lowest BCUT2D eigenvalue weighted by atomic mass is 10.1. The van der Waals surface area contributed by atoms with Crippen molar-refractivity contribution in [2.45, 2.75) is 32.6 Å². The van der Waals surface area contributed by atoms with Gasteiger partial charge in [0, 0.05) is 25.6 Å². The average molecular weight is 306 g/mol. The minimum Gasteiger partial charge on any atom is -0.480 e. The third-order valence-corrected chi connectivity index (χ3v) is 3.10. The number of carbonyl (C=O) groups is 3. The monoisotopic (exact) mass is 306 g/mol. The Bertz CT molecular complexity index is 502. The molecule has 2 amide bonds. The maximum absolute atomic E-state index is 12.2. The van der Waals surface area contributed by atoms with Crippen LogP contribution in [0.25, 0.3) is 0 Å². The van der Waals surface area contributed by atoms with E-state index in [0.29, 0.717) is 25.1 Å². The van der Waals surface area contributed by atoms with Gasteiger partial charge in [-0.2, -0.15) is 0 Å². The van der Waals surface area contributed by atoms with Crippen molar-refractivity contribution >= 4 is 23.5 Å². The molecule has 0 unspecified atom stereocenters. The second-order valence-electron chi connectivity index (χ2n) is 5.00.